The van der Waals surface area contributed by atoms with Crippen molar-refractivity contribution in [2.75, 3.05) is 0 Å². The van der Waals surface area contributed by atoms with Gasteiger partial charge >= 0.3 is 0 Å². The molecule has 0 saturated carbocycles. The van der Waals surface area contributed by atoms with Gasteiger partial charge in [-0.1, -0.05) is 0 Å². The van der Waals surface area contributed by atoms with E-state index in [1.54, 1.807) is 17.5 Å². The Morgan fingerprint density at radius 1 is 1.57 bits per heavy atom. The molecule has 0 amide bonds. The van der Waals surface area contributed by atoms with Crippen LogP contribution in [0.25, 0.3) is 0 Å². The van der Waals surface area contributed by atoms with Crippen molar-refractivity contribution in [3.63, 3.8) is 0 Å². The van der Waals surface area contributed by atoms with Crippen molar-refractivity contribution in [2.24, 2.45) is 5.73 Å². The minimum Gasteiger partial charge on any atom is -0.327 e. The van der Waals surface area contributed by atoms with Crippen LogP contribution in [0.2, 0.25) is 0 Å². The van der Waals surface area contributed by atoms with Crippen LogP contribution in [-0.4, -0.2) is 14.5 Å². The number of thiazole rings is 1. The number of aromatic nitrogens is 3. The third-order valence-corrected chi connectivity index (χ3v) is 2.91. The second kappa shape index (κ2) is 3.89. The molecule has 2 aromatic rings. The van der Waals surface area contributed by atoms with Crippen LogP contribution < -0.4 is 5.73 Å². The lowest BCUT2D eigenvalue weighted by Crippen LogP contribution is -2.08. The summed E-state index contributed by atoms with van der Waals surface area (Å²) >= 11 is 1.67. The first-order valence-electron chi connectivity index (χ1n) is 4.40. The predicted octanol–water partition coefficient (Wildman–Crippen LogP) is 1.16. The van der Waals surface area contributed by atoms with Crippen LogP contribution in [0.4, 0.5) is 0 Å². The molecule has 0 atom stereocenters. The fraction of sp³-hybridized carbons (Fsp3) is 0.333. The van der Waals surface area contributed by atoms with Gasteiger partial charge in [0, 0.05) is 23.5 Å². The van der Waals surface area contributed by atoms with Crippen LogP contribution >= 0.6 is 11.3 Å². The van der Waals surface area contributed by atoms with E-state index in [2.05, 4.69) is 9.97 Å². The van der Waals surface area contributed by atoms with Gasteiger partial charge in [0.1, 0.15) is 10.8 Å². The number of nitrogens with zero attached hydrogens (tertiary/aromatic N) is 3. The maximum absolute atomic E-state index is 5.55. The zero-order valence-corrected chi connectivity index (χ0v) is 8.79. The second-order valence-corrected chi connectivity index (χ2v) is 4.00. The summed E-state index contributed by atoms with van der Waals surface area (Å²) in [6, 6.07) is 0. The van der Waals surface area contributed by atoms with Gasteiger partial charge in [-0.2, -0.15) is 0 Å². The van der Waals surface area contributed by atoms with E-state index in [-0.39, 0.29) is 0 Å². The van der Waals surface area contributed by atoms with Gasteiger partial charge < -0.3 is 10.3 Å². The van der Waals surface area contributed by atoms with Crippen LogP contribution in [0.1, 0.15) is 16.5 Å². The summed E-state index contributed by atoms with van der Waals surface area (Å²) in [5, 5.41) is 3.14. The number of nitrogens with two attached hydrogens (primary N) is 1. The zero-order valence-electron chi connectivity index (χ0n) is 7.97. The molecule has 0 bridgehead atoms. The number of hydrogen-bond acceptors (Lipinski definition) is 4. The van der Waals surface area contributed by atoms with Crippen LogP contribution in [-0.2, 0) is 13.1 Å². The summed E-state index contributed by atoms with van der Waals surface area (Å²) in [5.74, 6) is 0.901. The molecule has 2 N–H and O–H groups in total. The maximum atomic E-state index is 5.55. The monoisotopic (exact) mass is 208 g/mol. The number of hydrogen-bond donors (Lipinski definition) is 1. The standard InChI is InChI=1S/C9H12N4S/c1-7-6-14-9(12-7)5-13-3-2-11-8(13)4-10/h2-3,6H,4-5,10H2,1H3. The fourth-order valence-corrected chi connectivity index (χ4v) is 2.06. The summed E-state index contributed by atoms with van der Waals surface area (Å²) in [4.78, 5) is 8.54. The highest BCUT2D eigenvalue weighted by Gasteiger charge is 2.03. The average molecular weight is 208 g/mol. The fourth-order valence-electron chi connectivity index (χ4n) is 1.30. The summed E-state index contributed by atoms with van der Waals surface area (Å²) in [7, 11) is 0. The van der Waals surface area contributed by atoms with Gasteiger partial charge in [-0.05, 0) is 6.92 Å². The van der Waals surface area contributed by atoms with Crippen LogP contribution in [0, 0.1) is 6.92 Å². The molecule has 0 unspecified atom stereocenters. The first-order valence-corrected chi connectivity index (χ1v) is 5.28. The van der Waals surface area contributed by atoms with E-state index < -0.39 is 0 Å². The highest BCUT2D eigenvalue weighted by molar-refractivity contribution is 7.09. The molecule has 2 aromatic heterocycles. The zero-order chi connectivity index (χ0) is 9.97. The molecular weight excluding hydrogens is 196 g/mol. The van der Waals surface area contributed by atoms with Gasteiger partial charge in [-0.3, -0.25) is 0 Å². The Morgan fingerprint density at radius 2 is 2.43 bits per heavy atom. The summed E-state index contributed by atoms with van der Waals surface area (Å²) in [6.45, 7) is 3.24. The second-order valence-electron chi connectivity index (χ2n) is 3.06. The Balaban J connectivity index is 2.18. The van der Waals surface area contributed by atoms with E-state index >= 15 is 0 Å². The minimum atomic E-state index is 0.470. The molecule has 0 aliphatic rings. The average Bonchev–Trinajstić information content (AvgIpc) is 2.76. The van der Waals surface area contributed by atoms with E-state index in [9.17, 15) is 0 Å². The molecule has 4 nitrogen and oxygen atoms in total. The van der Waals surface area contributed by atoms with Crippen molar-refractivity contribution in [1.82, 2.24) is 14.5 Å². The molecular formula is C9H12N4S. The topological polar surface area (TPSA) is 56.7 Å². The normalized spacial score (nSPS) is 10.7. The first kappa shape index (κ1) is 9.36. The maximum Gasteiger partial charge on any atom is 0.122 e. The molecule has 0 aromatic carbocycles. The molecule has 2 heterocycles. The summed E-state index contributed by atoms with van der Waals surface area (Å²) < 4.78 is 2.03. The molecule has 0 aliphatic carbocycles. The van der Waals surface area contributed by atoms with Crippen molar-refractivity contribution >= 4 is 11.3 Å². The highest BCUT2D eigenvalue weighted by Crippen LogP contribution is 2.11. The molecule has 0 saturated heterocycles. The van der Waals surface area contributed by atoms with Gasteiger partial charge in [-0.15, -0.1) is 11.3 Å². The lowest BCUT2D eigenvalue weighted by atomic mass is 10.5. The summed E-state index contributed by atoms with van der Waals surface area (Å²) in [5.41, 5.74) is 6.62. The largest absolute Gasteiger partial charge is 0.327 e. The molecule has 0 radical (unpaired) electrons. The Bertz CT molecular complexity index is 418. The highest BCUT2D eigenvalue weighted by atomic mass is 32.1. The van der Waals surface area contributed by atoms with Gasteiger partial charge in [0.15, 0.2) is 0 Å². The summed E-state index contributed by atoms with van der Waals surface area (Å²) in [6.07, 6.45) is 3.70. The third kappa shape index (κ3) is 1.83. The van der Waals surface area contributed by atoms with Crippen LogP contribution in [0.5, 0.6) is 0 Å². The van der Waals surface area contributed by atoms with E-state index in [0.717, 1.165) is 23.1 Å². The van der Waals surface area contributed by atoms with E-state index in [1.165, 1.54) is 0 Å². The third-order valence-electron chi connectivity index (χ3n) is 1.96. The molecule has 5 heteroatoms. The smallest absolute Gasteiger partial charge is 0.122 e. The lowest BCUT2D eigenvalue weighted by Gasteiger charge is -2.02. The minimum absolute atomic E-state index is 0.470. The van der Waals surface area contributed by atoms with Crippen molar-refractivity contribution in [3.8, 4) is 0 Å². The van der Waals surface area contributed by atoms with E-state index in [1.807, 2.05) is 23.1 Å². The van der Waals surface area contributed by atoms with Crippen LogP contribution in [0.15, 0.2) is 17.8 Å². The van der Waals surface area contributed by atoms with Gasteiger partial charge in [0.2, 0.25) is 0 Å². The molecule has 0 aliphatic heterocycles. The van der Waals surface area contributed by atoms with Crippen molar-refractivity contribution < 1.29 is 0 Å². The first-order chi connectivity index (χ1) is 6.79. The number of aryl methyl sites for hydroxylation is 1. The molecule has 0 spiro atoms. The molecule has 0 fully saturated rings. The Kier molecular flexibility index (Phi) is 2.60. The SMILES string of the molecule is Cc1csc(Cn2ccnc2CN)n1. The molecule has 2 rings (SSSR count). The molecule has 14 heavy (non-hydrogen) atoms. The van der Waals surface area contributed by atoms with Gasteiger partial charge in [-0.25, -0.2) is 9.97 Å². The lowest BCUT2D eigenvalue weighted by molar-refractivity contribution is 0.719. The van der Waals surface area contributed by atoms with Crippen molar-refractivity contribution in [3.05, 3.63) is 34.3 Å². The Hall–Kier alpha value is -1.20. The van der Waals surface area contributed by atoms with Crippen molar-refractivity contribution in [1.29, 1.82) is 0 Å². The number of imidazole rings is 1. The van der Waals surface area contributed by atoms with Crippen molar-refractivity contribution in [2.45, 2.75) is 20.0 Å². The number of rotatable bonds is 3. The van der Waals surface area contributed by atoms with Gasteiger partial charge in [0.25, 0.3) is 0 Å². The Morgan fingerprint density at radius 3 is 3.07 bits per heavy atom. The van der Waals surface area contributed by atoms with Crippen LogP contribution in [0.3, 0.4) is 0 Å². The van der Waals surface area contributed by atoms with Gasteiger partial charge in [0.05, 0.1) is 13.1 Å². The van der Waals surface area contributed by atoms with E-state index in [4.69, 9.17) is 5.73 Å². The quantitative estimate of drug-likeness (QED) is 0.823. The predicted molar refractivity (Wildman–Crippen MR) is 56.1 cm³/mol. The molecule has 74 valence electrons. The van der Waals surface area contributed by atoms with E-state index in [0.29, 0.717) is 6.54 Å². The Labute approximate surface area is 86.4 Å².